The Kier molecular flexibility index (Phi) is 6.48. The van der Waals surface area contributed by atoms with Crippen molar-refractivity contribution >= 4 is 11.7 Å². The van der Waals surface area contributed by atoms with Crippen LogP contribution in [0.1, 0.15) is 43.4 Å². The van der Waals surface area contributed by atoms with Gasteiger partial charge in [-0.1, -0.05) is 12.1 Å². The van der Waals surface area contributed by atoms with Gasteiger partial charge in [0.2, 0.25) is 0 Å². The lowest BCUT2D eigenvalue weighted by Crippen LogP contribution is -2.13. The molecule has 0 saturated carbocycles. The molecule has 0 aliphatic carbocycles. The molecule has 20 heavy (non-hydrogen) atoms. The molecule has 0 aliphatic heterocycles. The minimum atomic E-state index is -0.850. The SMILES string of the molecule is CCO[C@H](C)c1ccc([C@@H](COC)CC(=O)O)cc1N. The van der Waals surface area contributed by atoms with E-state index in [1.807, 2.05) is 32.0 Å². The summed E-state index contributed by atoms with van der Waals surface area (Å²) in [6.45, 7) is 4.85. The first-order valence-corrected chi connectivity index (χ1v) is 6.71. The summed E-state index contributed by atoms with van der Waals surface area (Å²) in [5.41, 5.74) is 8.46. The second-order valence-electron chi connectivity index (χ2n) is 4.74. The van der Waals surface area contributed by atoms with Gasteiger partial charge in [0.25, 0.3) is 0 Å². The van der Waals surface area contributed by atoms with E-state index in [0.29, 0.717) is 18.9 Å². The maximum atomic E-state index is 10.9. The van der Waals surface area contributed by atoms with E-state index in [4.69, 9.17) is 20.3 Å². The summed E-state index contributed by atoms with van der Waals surface area (Å²) in [4.78, 5) is 10.9. The molecule has 0 aliphatic rings. The van der Waals surface area contributed by atoms with Gasteiger partial charge in [-0.2, -0.15) is 0 Å². The highest BCUT2D eigenvalue weighted by atomic mass is 16.5. The smallest absolute Gasteiger partial charge is 0.304 e. The molecule has 0 aromatic heterocycles. The Morgan fingerprint density at radius 1 is 1.45 bits per heavy atom. The fraction of sp³-hybridized carbons (Fsp3) is 0.533. The van der Waals surface area contributed by atoms with Crippen molar-refractivity contribution in [1.82, 2.24) is 0 Å². The Bertz CT molecular complexity index is 447. The van der Waals surface area contributed by atoms with Crippen LogP contribution in [-0.2, 0) is 14.3 Å². The normalized spacial score (nSPS) is 13.9. The van der Waals surface area contributed by atoms with Crippen LogP contribution < -0.4 is 5.73 Å². The Morgan fingerprint density at radius 2 is 2.15 bits per heavy atom. The van der Waals surface area contributed by atoms with E-state index in [1.54, 1.807) is 7.11 Å². The van der Waals surface area contributed by atoms with E-state index in [0.717, 1.165) is 11.1 Å². The highest BCUT2D eigenvalue weighted by Crippen LogP contribution is 2.28. The lowest BCUT2D eigenvalue weighted by atomic mass is 9.94. The topological polar surface area (TPSA) is 81.8 Å². The summed E-state index contributed by atoms with van der Waals surface area (Å²) < 4.78 is 10.6. The Morgan fingerprint density at radius 3 is 2.65 bits per heavy atom. The summed E-state index contributed by atoms with van der Waals surface area (Å²) in [5.74, 6) is -1.05. The molecule has 2 atom stereocenters. The third kappa shape index (κ3) is 4.51. The van der Waals surface area contributed by atoms with Gasteiger partial charge in [0.15, 0.2) is 0 Å². The minimum absolute atomic E-state index is 0.0215. The number of carboxylic acid groups (broad SMARTS) is 1. The van der Waals surface area contributed by atoms with E-state index in [1.165, 1.54) is 0 Å². The van der Waals surface area contributed by atoms with Gasteiger partial charge in [-0.05, 0) is 25.5 Å². The zero-order valence-electron chi connectivity index (χ0n) is 12.3. The molecule has 1 rings (SSSR count). The van der Waals surface area contributed by atoms with Gasteiger partial charge in [0, 0.05) is 30.9 Å². The van der Waals surface area contributed by atoms with Crippen LogP contribution in [0.5, 0.6) is 0 Å². The second kappa shape index (κ2) is 7.87. The minimum Gasteiger partial charge on any atom is -0.481 e. The molecule has 0 saturated heterocycles. The standard InChI is InChI=1S/C15H23NO4/c1-4-20-10(2)13-6-5-11(7-14(13)16)12(9-19-3)8-15(17)18/h5-7,10,12H,4,8-9,16H2,1-3H3,(H,17,18)/t10-,12-/m1/s1. The summed E-state index contributed by atoms with van der Waals surface area (Å²) in [6.07, 6.45) is -0.0532. The fourth-order valence-electron chi connectivity index (χ4n) is 2.24. The van der Waals surface area contributed by atoms with Crippen LogP contribution in [-0.4, -0.2) is 31.4 Å². The first kappa shape index (κ1) is 16.5. The summed E-state index contributed by atoms with van der Waals surface area (Å²) in [5, 5.41) is 8.95. The predicted octanol–water partition coefficient (Wildman–Crippen LogP) is 2.57. The highest BCUT2D eigenvalue weighted by molar-refractivity contribution is 5.68. The summed E-state index contributed by atoms with van der Waals surface area (Å²) >= 11 is 0. The molecular formula is C15H23NO4. The molecular weight excluding hydrogens is 258 g/mol. The maximum absolute atomic E-state index is 10.9. The van der Waals surface area contributed by atoms with Crippen molar-refractivity contribution in [2.45, 2.75) is 32.3 Å². The lowest BCUT2D eigenvalue weighted by Gasteiger charge is -2.19. The molecule has 5 nitrogen and oxygen atoms in total. The third-order valence-corrected chi connectivity index (χ3v) is 3.23. The monoisotopic (exact) mass is 281 g/mol. The zero-order valence-corrected chi connectivity index (χ0v) is 12.3. The molecule has 1 aromatic carbocycles. The largest absolute Gasteiger partial charge is 0.481 e. The number of nitrogens with two attached hydrogens (primary N) is 1. The van der Waals surface area contributed by atoms with E-state index < -0.39 is 5.97 Å². The Hall–Kier alpha value is -1.59. The number of nitrogen functional groups attached to an aromatic ring is 1. The van der Waals surface area contributed by atoms with Crippen molar-refractivity contribution in [3.63, 3.8) is 0 Å². The molecule has 0 unspecified atom stereocenters. The number of aliphatic carboxylic acids is 1. The molecule has 0 heterocycles. The van der Waals surface area contributed by atoms with Crippen LogP contribution in [0, 0.1) is 0 Å². The zero-order chi connectivity index (χ0) is 15.1. The Balaban J connectivity index is 2.96. The summed E-state index contributed by atoms with van der Waals surface area (Å²) in [6, 6.07) is 5.61. The van der Waals surface area contributed by atoms with E-state index in [2.05, 4.69) is 0 Å². The fourth-order valence-corrected chi connectivity index (χ4v) is 2.24. The number of methoxy groups -OCH3 is 1. The van der Waals surface area contributed by atoms with Crippen molar-refractivity contribution < 1.29 is 19.4 Å². The number of carboxylic acids is 1. The van der Waals surface area contributed by atoms with Crippen LogP contribution in [0.4, 0.5) is 5.69 Å². The first-order valence-electron chi connectivity index (χ1n) is 6.71. The number of hydrogen-bond donors (Lipinski definition) is 2. The van der Waals surface area contributed by atoms with Gasteiger partial charge < -0.3 is 20.3 Å². The molecule has 112 valence electrons. The number of carbonyl (C=O) groups is 1. The van der Waals surface area contributed by atoms with Gasteiger partial charge >= 0.3 is 5.97 Å². The molecule has 5 heteroatoms. The van der Waals surface area contributed by atoms with Crippen LogP contribution in [0.3, 0.4) is 0 Å². The molecule has 3 N–H and O–H groups in total. The number of hydrogen-bond acceptors (Lipinski definition) is 4. The average Bonchev–Trinajstić information content (AvgIpc) is 2.37. The molecule has 1 aromatic rings. The molecule has 0 amide bonds. The quantitative estimate of drug-likeness (QED) is 0.716. The maximum Gasteiger partial charge on any atom is 0.304 e. The highest BCUT2D eigenvalue weighted by Gasteiger charge is 2.18. The molecule has 0 spiro atoms. The lowest BCUT2D eigenvalue weighted by molar-refractivity contribution is -0.137. The van der Waals surface area contributed by atoms with Crippen molar-refractivity contribution in [1.29, 1.82) is 0 Å². The first-order chi connectivity index (χ1) is 9.49. The van der Waals surface area contributed by atoms with Crippen LogP contribution in [0.15, 0.2) is 18.2 Å². The summed E-state index contributed by atoms with van der Waals surface area (Å²) in [7, 11) is 1.56. The van der Waals surface area contributed by atoms with Crippen molar-refractivity contribution in [2.24, 2.45) is 0 Å². The number of rotatable bonds is 8. The van der Waals surface area contributed by atoms with Gasteiger partial charge in [0.05, 0.1) is 19.1 Å². The van der Waals surface area contributed by atoms with Crippen LogP contribution in [0.25, 0.3) is 0 Å². The van der Waals surface area contributed by atoms with Crippen molar-refractivity contribution in [3.8, 4) is 0 Å². The number of ether oxygens (including phenoxy) is 2. The van der Waals surface area contributed by atoms with E-state index >= 15 is 0 Å². The predicted molar refractivity (Wildman–Crippen MR) is 77.8 cm³/mol. The third-order valence-electron chi connectivity index (χ3n) is 3.23. The number of benzene rings is 1. The van der Waals surface area contributed by atoms with Gasteiger partial charge in [-0.3, -0.25) is 4.79 Å². The molecule has 0 bridgehead atoms. The average molecular weight is 281 g/mol. The molecule has 0 radical (unpaired) electrons. The molecule has 0 fully saturated rings. The van der Waals surface area contributed by atoms with E-state index in [-0.39, 0.29) is 18.4 Å². The second-order valence-corrected chi connectivity index (χ2v) is 4.74. The number of anilines is 1. The van der Waals surface area contributed by atoms with E-state index in [9.17, 15) is 4.79 Å². The van der Waals surface area contributed by atoms with Crippen molar-refractivity contribution in [3.05, 3.63) is 29.3 Å². The van der Waals surface area contributed by atoms with Crippen molar-refractivity contribution in [2.75, 3.05) is 26.1 Å². The van der Waals surface area contributed by atoms with Crippen LogP contribution >= 0.6 is 0 Å². The van der Waals surface area contributed by atoms with Gasteiger partial charge in [-0.25, -0.2) is 0 Å². The van der Waals surface area contributed by atoms with Gasteiger partial charge in [0.1, 0.15) is 0 Å². The van der Waals surface area contributed by atoms with Gasteiger partial charge in [-0.15, -0.1) is 0 Å². The van der Waals surface area contributed by atoms with Crippen LogP contribution in [0.2, 0.25) is 0 Å². The Labute approximate surface area is 119 Å².